The van der Waals surface area contributed by atoms with E-state index < -0.39 is 11.9 Å². The van der Waals surface area contributed by atoms with E-state index in [4.69, 9.17) is 4.74 Å². The largest absolute Gasteiger partial charge is 0.426 e. The third-order valence-corrected chi connectivity index (χ3v) is 3.87. The number of imide groups is 1. The summed E-state index contributed by atoms with van der Waals surface area (Å²) in [6, 6.07) is 0. The van der Waals surface area contributed by atoms with E-state index in [9.17, 15) is 14.4 Å². The van der Waals surface area contributed by atoms with E-state index in [1.54, 1.807) is 6.08 Å². The van der Waals surface area contributed by atoms with Crippen LogP contribution in [0.3, 0.4) is 0 Å². The predicted molar refractivity (Wildman–Crippen MR) is 92.9 cm³/mol. The molecule has 0 aliphatic carbocycles. The summed E-state index contributed by atoms with van der Waals surface area (Å²) in [5.41, 5.74) is 0. The predicted octanol–water partition coefficient (Wildman–Crippen LogP) is 3.89. The average Bonchev–Trinajstić information content (AvgIpc) is 2.91. The van der Waals surface area contributed by atoms with Crippen molar-refractivity contribution < 1.29 is 19.1 Å². The van der Waals surface area contributed by atoms with Crippen LogP contribution in [0.5, 0.6) is 0 Å². The number of amides is 2. The molecule has 0 aromatic rings. The van der Waals surface area contributed by atoms with Gasteiger partial charge in [-0.05, 0) is 19.3 Å². The van der Waals surface area contributed by atoms with Crippen molar-refractivity contribution in [2.24, 2.45) is 0 Å². The molecular weight excluding hydrogens is 306 g/mol. The molecule has 0 saturated carbocycles. The van der Waals surface area contributed by atoms with Crippen LogP contribution in [0.4, 0.5) is 0 Å². The van der Waals surface area contributed by atoms with E-state index in [-0.39, 0.29) is 18.2 Å². The maximum Gasteiger partial charge on any atom is 0.335 e. The summed E-state index contributed by atoms with van der Waals surface area (Å²) < 4.78 is 5.13. The first-order chi connectivity index (χ1) is 11.6. The summed E-state index contributed by atoms with van der Waals surface area (Å²) >= 11 is 0. The van der Waals surface area contributed by atoms with Crippen molar-refractivity contribution in [2.75, 3.05) is 6.54 Å². The molecule has 0 spiro atoms. The number of hydrogen-bond donors (Lipinski definition) is 0. The standard InChI is InChI=1S/C19H29NO4/c1-3-5-7-9-11-13-19(23)24-16-14-18(22)20(15-16)17(21)12-10-8-6-4-2/h11,13-14H,3-10,12,15H2,1-2H3/b13-11+. The van der Waals surface area contributed by atoms with Gasteiger partial charge in [0.05, 0.1) is 6.54 Å². The van der Waals surface area contributed by atoms with Crippen molar-refractivity contribution in [3.05, 3.63) is 24.0 Å². The molecule has 0 fully saturated rings. The highest BCUT2D eigenvalue weighted by Crippen LogP contribution is 2.15. The molecule has 1 heterocycles. The van der Waals surface area contributed by atoms with Gasteiger partial charge in [-0.25, -0.2) is 4.79 Å². The quantitative estimate of drug-likeness (QED) is 0.326. The van der Waals surface area contributed by atoms with Crippen LogP contribution >= 0.6 is 0 Å². The molecule has 2 amide bonds. The Morgan fingerprint density at radius 1 is 1.12 bits per heavy atom. The molecule has 0 bridgehead atoms. The molecule has 5 nitrogen and oxygen atoms in total. The van der Waals surface area contributed by atoms with Gasteiger partial charge < -0.3 is 4.74 Å². The number of nitrogens with zero attached hydrogens (tertiary/aromatic N) is 1. The summed E-state index contributed by atoms with van der Waals surface area (Å²) in [7, 11) is 0. The molecule has 0 unspecified atom stereocenters. The van der Waals surface area contributed by atoms with Gasteiger partial charge in [-0.15, -0.1) is 0 Å². The number of unbranched alkanes of at least 4 members (excludes halogenated alkanes) is 6. The van der Waals surface area contributed by atoms with E-state index >= 15 is 0 Å². The highest BCUT2D eigenvalue weighted by atomic mass is 16.5. The van der Waals surface area contributed by atoms with Gasteiger partial charge in [0.15, 0.2) is 0 Å². The van der Waals surface area contributed by atoms with Crippen LogP contribution in [0.15, 0.2) is 24.0 Å². The van der Waals surface area contributed by atoms with E-state index in [1.165, 1.54) is 12.2 Å². The third-order valence-electron chi connectivity index (χ3n) is 3.87. The summed E-state index contributed by atoms with van der Waals surface area (Å²) in [5.74, 6) is -0.855. The zero-order chi connectivity index (χ0) is 17.8. The minimum atomic E-state index is -0.497. The number of allylic oxidation sites excluding steroid dienone is 1. The Hall–Kier alpha value is -1.91. The fourth-order valence-corrected chi connectivity index (χ4v) is 2.46. The molecule has 5 heteroatoms. The molecular formula is C19H29NO4. The molecule has 134 valence electrons. The fourth-order valence-electron chi connectivity index (χ4n) is 2.46. The number of ether oxygens (including phenoxy) is 1. The van der Waals surface area contributed by atoms with Gasteiger partial charge in [0.25, 0.3) is 5.91 Å². The second-order valence-corrected chi connectivity index (χ2v) is 6.06. The Balaban J connectivity index is 2.33. The van der Waals surface area contributed by atoms with Crippen molar-refractivity contribution in [1.82, 2.24) is 4.90 Å². The zero-order valence-electron chi connectivity index (χ0n) is 14.9. The van der Waals surface area contributed by atoms with Crippen molar-refractivity contribution in [1.29, 1.82) is 0 Å². The zero-order valence-corrected chi connectivity index (χ0v) is 14.9. The summed E-state index contributed by atoms with van der Waals surface area (Å²) in [5, 5.41) is 0. The molecule has 0 atom stereocenters. The molecule has 0 aromatic carbocycles. The monoisotopic (exact) mass is 335 g/mol. The highest BCUT2D eigenvalue weighted by molar-refractivity contribution is 6.03. The van der Waals surface area contributed by atoms with Gasteiger partial charge in [0.2, 0.25) is 5.91 Å². The van der Waals surface area contributed by atoms with Gasteiger partial charge in [0.1, 0.15) is 5.76 Å². The van der Waals surface area contributed by atoms with Gasteiger partial charge in [0, 0.05) is 18.6 Å². The molecule has 0 radical (unpaired) electrons. The Bertz CT molecular complexity index is 494. The van der Waals surface area contributed by atoms with Gasteiger partial charge in [-0.1, -0.05) is 52.0 Å². The highest BCUT2D eigenvalue weighted by Gasteiger charge is 2.28. The molecule has 0 saturated heterocycles. The lowest BCUT2D eigenvalue weighted by atomic mass is 10.1. The number of carbonyl (C=O) groups is 3. The Morgan fingerprint density at radius 3 is 2.54 bits per heavy atom. The molecule has 1 aliphatic rings. The van der Waals surface area contributed by atoms with Crippen LogP contribution in [0.25, 0.3) is 0 Å². The second kappa shape index (κ2) is 11.6. The van der Waals surface area contributed by atoms with Crippen LogP contribution in [-0.2, 0) is 19.1 Å². The first-order valence-electron chi connectivity index (χ1n) is 9.01. The van der Waals surface area contributed by atoms with Crippen LogP contribution in [0.2, 0.25) is 0 Å². The first kappa shape index (κ1) is 20.1. The minimum Gasteiger partial charge on any atom is -0.426 e. The lowest BCUT2D eigenvalue weighted by Gasteiger charge is -2.14. The third kappa shape index (κ3) is 7.57. The van der Waals surface area contributed by atoms with E-state index in [0.29, 0.717) is 6.42 Å². The number of carbonyl (C=O) groups excluding carboxylic acids is 3. The molecule has 0 aromatic heterocycles. The SMILES string of the molecule is CCCCC/C=C/C(=O)OC1=CC(=O)N(C(=O)CCCCCC)C1. The van der Waals surface area contributed by atoms with Crippen LogP contribution < -0.4 is 0 Å². The van der Waals surface area contributed by atoms with Crippen molar-refractivity contribution >= 4 is 17.8 Å². The number of rotatable bonds is 11. The van der Waals surface area contributed by atoms with Gasteiger partial charge in [-0.2, -0.15) is 0 Å². The second-order valence-electron chi connectivity index (χ2n) is 6.06. The van der Waals surface area contributed by atoms with Crippen molar-refractivity contribution in [2.45, 2.75) is 71.6 Å². The lowest BCUT2D eigenvalue weighted by Crippen LogP contribution is -2.33. The van der Waals surface area contributed by atoms with Crippen LogP contribution in [-0.4, -0.2) is 29.2 Å². The summed E-state index contributed by atoms with van der Waals surface area (Å²) in [6.07, 6.45) is 12.9. The van der Waals surface area contributed by atoms with Crippen molar-refractivity contribution in [3.8, 4) is 0 Å². The smallest absolute Gasteiger partial charge is 0.335 e. The van der Waals surface area contributed by atoms with Crippen molar-refractivity contribution in [3.63, 3.8) is 0 Å². The maximum absolute atomic E-state index is 12.0. The average molecular weight is 335 g/mol. The summed E-state index contributed by atoms with van der Waals surface area (Å²) in [4.78, 5) is 36.7. The van der Waals surface area contributed by atoms with E-state index in [2.05, 4.69) is 13.8 Å². The van der Waals surface area contributed by atoms with E-state index in [0.717, 1.165) is 56.3 Å². The topological polar surface area (TPSA) is 63.7 Å². The van der Waals surface area contributed by atoms with Crippen LogP contribution in [0, 0.1) is 0 Å². The Kier molecular flexibility index (Phi) is 9.73. The van der Waals surface area contributed by atoms with E-state index in [1.807, 2.05) is 0 Å². The number of hydrogen-bond acceptors (Lipinski definition) is 4. The van der Waals surface area contributed by atoms with Gasteiger partial charge in [-0.3, -0.25) is 14.5 Å². The molecule has 24 heavy (non-hydrogen) atoms. The maximum atomic E-state index is 12.0. The Morgan fingerprint density at radius 2 is 1.83 bits per heavy atom. The van der Waals surface area contributed by atoms with Gasteiger partial charge >= 0.3 is 5.97 Å². The summed E-state index contributed by atoms with van der Waals surface area (Å²) in [6.45, 7) is 4.29. The Labute approximate surface area is 144 Å². The normalized spacial score (nSPS) is 14.3. The first-order valence-corrected chi connectivity index (χ1v) is 9.01. The number of esters is 1. The molecule has 1 aliphatic heterocycles. The minimum absolute atomic E-state index is 0.0564. The van der Waals surface area contributed by atoms with Crippen LogP contribution in [0.1, 0.15) is 71.6 Å². The molecule has 1 rings (SSSR count). The molecule has 0 N–H and O–H groups in total. The fraction of sp³-hybridized carbons (Fsp3) is 0.632. The lowest BCUT2D eigenvalue weighted by molar-refractivity contribution is -0.142.